The Labute approximate surface area is 242 Å². The molecule has 2 amide bonds. The van der Waals surface area contributed by atoms with Crippen LogP contribution in [0.25, 0.3) is 0 Å². The summed E-state index contributed by atoms with van der Waals surface area (Å²) in [5, 5.41) is 10.0. The minimum absolute atomic E-state index is 0.00242. The molecule has 2 heterocycles. The number of amides is 2. The lowest BCUT2D eigenvalue weighted by atomic mass is 10.0. The Morgan fingerprint density at radius 2 is 1.57 bits per heavy atom. The Hall–Kier alpha value is -2.90. The van der Waals surface area contributed by atoms with Crippen molar-refractivity contribution in [1.82, 2.24) is 9.80 Å². The molecule has 2 aliphatic heterocycles. The van der Waals surface area contributed by atoms with Gasteiger partial charge in [-0.2, -0.15) is 0 Å². The van der Waals surface area contributed by atoms with E-state index in [-0.39, 0.29) is 17.7 Å². The van der Waals surface area contributed by atoms with Crippen molar-refractivity contribution in [3.8, 4) is 0 Å². The zero-order chi connectivity index (χ0) is 28.6. The molecule has 4 atom stereocenters. The molecule has 0 spiro atoms. The molecular formula is C32H40ClN3O4. The average Bonchev–Trinajstić information content (AvgIpc) is 3.63. The predicted octanol–water partition coefficient (Wildman–Crippen LogP) is 5.19. The summed E-state index contributed by atoms with van der Waals surface area (Å²) in [5.41, 5.74) is 4.65. The Bertz CT molecular complexity index is 1260. The lowest BCUT2D eigenvalue weighted by molar-refractivity contribution is -0.141. The van der Waals surface area contributed by atoms with Gasteiger partial charge in [0.1, 0.15) is 0 Å². The molecule has 214 valence electrons. The van der Waals surface area contributed by atoms with Gasteiger partial charge in [0.25, 0.3) is 5.91 Å². The number of hydrogen-bond acceptors (Lipinski definition) is 4. The van der Waals surface area contributed by atoms with Gasteiger partial charge in [0.05, 0.1) is 5.92 Å². The van der Waals surface area contributed by atoms with Crippen LogP contribution in [-0.2, 0) is 9.59 Å². The lowest BCUT2D eigenvalue weighted by Crippen LogP contribution is -2.38. The molecule has 0 radical (unpaired) electrons. The smallest absolute Gasteiger partial charge is 0.306 e. The van der Waals surface area contributed by atoms with Gasteiger partial charge in [-0.05, 0) is 93.7 Å². The highest BCUT2D eigenvalue weighted by atomic mass is 35.5. The number of carboxylic acids is 1. The molecule has 0 bridgehead atoms. The number of carbonyl (C=O) groups excluding carboxylic acids is 2. The number of rotatable bonds is 8. The fraction of sp³-hybridized carbons (Fsp3) is 0.531. The van der Waals surface area contributed by atoms with Crippen LogP contribution in [0.5, 0.6) is 0 Å². The number of aryl methyl sites for hydroxylation is 3. The van der Waals surface area contributed by atoms with Gasteiger partial charge in [-0.1, -0.05) is 35.9 Å². The number of benzene rings is 2. The van der Waals surface area contributed by atoms with Gasteiger partial charge in [0.2, 0.25) is 5.91 Å². The van der Waals surface area contributed by atoms with Gasteiger partial charge in [-0.25, -0.2) is 0 Å². The third-order valence-corrected chi connectivity index (χ3v) is 9.67. The van der Waals surface area contributed by atoms with Crippen molar-refractivity contribution in [1.29, 1.82) is 0 Å². The topological polar surface area (TPSA) is 81.2 Å². The lowest BCUT2D eigenvalue weighted by Gasteiger charge is -2.28. The largest absolute Gasteiger partial charge is 0.481 e. The number of carbonyl (C=O) groups is 3. The number of anilines is 1. The maximum Gasteiger partial charge on any atom is 0.306 e. The van der Waals surface area contributed by atoms with Crippen LogP contribution < -0.4 is 4.90 Å². The van der Waals surface area contributed by atoms with E-state index in [2.05, 4.69) is 4.90 Å². The fourth-order valence-electron chi connectivity index (χ4n) is 6.97. The maximum atomic E-state index is 13.6. The van der Waals surface area contributed by atoms with Crippen LogP contribution in [0.1, 0.15) is 52.7 Å². The number of aliphatic carboxylic acids is 1. The number of nitrogens with zero attached hydrogens (tertiary/aromatic N) is 3. The monoisotopic (exact) mass is 565 g/mol. The van der Waals surface area contributed by atoms with E-state index in [0.29, 0.717) is 42.7 Å². The van der Waals surface area contributed by atoms with Crippen molar-refractivity contribution in [2.75, 3.05) is 44.2 Å². The molecule has 5 rings (SSSR count). The van der Waals surface area contributed by atoms with Crippen molar-refractivity contribution < 1.29 is 19.5 Å². The van der Waals surface area contributed by atoms with Gasteiger partial charge in [0.15, 0.2) is 0 Å². The average molecular weight is 566 g/mol. The molecule has 3 aliphatic rings. The van der Waals surface area contributed by atoms with Crippen molar-refractivity contribution in [2.45, 2.75) is 46.5 Å². The zero-order valence-electron chi connectivity index (χ0n) is 23.7. The molecule has 2 aromatic carbocycles. The normalized spacial score (nSPS) is 24.4. The second kappa shape index (κ2) is 11.9. The minimum atomic E-state index is -0.811. The van der Waals surface area contributed by atoms with Crippen LogP contribution in [0, 0.1) is 44.4 Å². The summed E-state index contributed by atoms with van der Waals surface area (Å²) in [5.74, 6) is -0.409. The summed E-state index contributed by atoms with van der Waals surface area (Å²) in [7, 11) is 0. The highest BCUT2D eigenvalue weighted by molar-refractivity contribution is 6.31. The van der Waals surface area contributed by atoms with Crippen molar-refractivity contribution in [2.24, 2.45) is 23.7 Å². The van der Waals surface area contributed by atoms with Crippen LogP contribution in [-0.4, -0.2) is 72.0 Å². The quantitative estimate of drug-likeness (QED) is 0.476. The van der Waals surface area contributed by atoms with E-state index in [9.17, 15) is 19.5 Å². The third kappa shape index (κ3) is 5.91. The van der Waals surface area contributed by atoms with E-state index in [1.807, 2.05) is 67.0 Å². The molecule has 2 saturated heterocycles. The van der Waals surface area contributed by atoms with Gasteiger partial charge in [0, 0.05) is 54.9 Å². The standard InChI is InChI=1S/C32H40ClN3O4/c1-20-8-11-27(15-28(20)33)36(30(37)23-9-10-24(14-23)32(39)40)13-5-12-34-16-25-18-35(19-26(25)17-34)31(38)29-21(2)6-4-7-22(29)3/h4,6-8,11,15,23-26H,5,9-10,12-14,16-19H2,1-3H3,(H,39,40)/t23-,24+,25?,26?/m1/s1. The van der Waals surface area contributed by atoms with Gasteiger partial charge in [-0.15, -0.1) is 0 Å². The SMILES string of the molecule is Cc1ccc(N(CCCN2CC3CN(C(=O)c4c(C)cccc4C)CC3C2)C(=O)[C@@H]2CC[C@H](C(=O)O)C2)cc1Cl. The molecule has 7 nitrogen and oxygen atoms in total. The van der Waals surface area contributed by atoms with Crippen molar-refractivity contribution >= 4 is 35.1 Å². The van der Waals surface area contributed by atoms with Crippen molar-refractivity contribution in [3.63, 3.8) is 0 Å². The second-order valence-corrected chi connectivity index (χ2v) is 12.5. The van der Waals surface area contributed by atoms with E-state index in [4.69, 9.17) is 11.6 Å². The first-order valence-corrected chi connectivity index (χ1v) is 14.9. The zero-order valence-corrected chi connectivity index (χ0v) is 24.5. The highest BCUT2D eigenvalue weighted by Gasteiger charge is 2.42. The molecule has 2 unspecified atom stereocenters. The summed E-state index contributed by atoms with van der Waals surface area (Å²) in [6, 6.07) is 11.7. The summed E-state index contributed by atoms with van der Waals surface area (Å²) in [6.45, 7) is 10.9. The van der Waals surface area contributed by atoms with E-state index < -0.39 is 11.9 Å². The summed E-state index contributed by atoms with van der Waals surface area (Å²) in [6.07, 6.45) is 2.38. The Balaban J connectivity index is 1.18. The number of halogens is 1. The van der Waals surface area contributed by atoms with Crippen LogP contribution in [0.2, 0.25) is 5.02 Å². The van der Waals surface area contributed by atoms with Crippen molar-refractivity contribution in [3.05, 3.63) is 63.7 Å². The van der Waals surface area contributed by atoms with E-state index in [0.717, 1.165) is 67.1 Å². The molecule has 3 fully saturated rings. The summed E-state index contributed by atoms with van der Waals surface area (Å²) in [4.78, 5) is 44.7. The molecule has 1 N–H and O–H groups in total. The molecule has 40 heavy (non-hydrogen) atoms. The van der Waals surface area contributed by atoms with Crippen LogP contribution in [0.15, 0.2) is 36.4 Å². The molecule has 2 aromatic rings. The number of carboxylic acid groups (broad SMARTS) is 1. The molecule has 8 heteroatoms. The van der Waals surface area contributed by atoms with Crippen LogP contribution in [0.4, 0.5) is 5.69 Å². The fourth-order valence-corrected chi connectivity index (χ4v) is 7.14. The molecule has 1 saturated carbocycles. The second-order valence-electron chi connectivity index (χ2n) is 12.1. The first-order valence-electron chi connectivity index (χ1n) is 14.5. The van der Waals surface area contributed by atoms with E-state index in [1.54, 1.807) is 0 Å². The first kappa shape index (κ1) is 28.6. The molecule has 1 aliphatic carbocycles. The number of fused-ring (bicyclic) bond motifs is 1. The molecular weight excluding hydrogens is 526 g/mol. The Morgan fingerprint density at radius 3 is 2.17 bits per heavy atom. The van der Waals surface area contributed by atoms with E-state index >= 15 is 0 Å². The van der Waals surface area contributed by atoms with E-state index in [1.165, 1.54) is 0 Å². The highest BCUT2D eigenvalue weighted by Crippen LogP contribution is 2.35. The minimum Gasteiger partial charge on any atom is -0.481 e. The number of likely N-dealkylation sites (tertiary alicyclic amines) is 2. The Morgan fingerprint density at radius 1 is 0.925 bits per heavy atom. The number of hydrogen-bond donors (Lipinski definition) is 1. The maximum absolute atomic E-state index is 13.6. The Kier molecular flexibility index (Phi) is 8.52. The van der Waals surface area contributed by atoms with Crippen LogP contribution >= 0.6 is 11.6 Å². The van der Waals surface area contributed by atoms with Gasteiger partial charge >= 0.3 is 5.97 Å². The summed E-state index contributed by atoms with van der Waals surface area (Å²) < 4.78 is 0. The molecule has 0 aromatic heterocycles. The first-order chi connectivity index (χ1) is 19.1. The van der Waals surface area contributed by atoms with Gasteiger partial charge < -0.3 is 19.8 Å². The predicted molar refractivity (Wildman–Crippen MR) is 157 cm³/mol. The third-order valence-electron chi connectivity index (χ3n) is 9.26. The van der Waals surface area contributed by atoms with Crippen LogP contribution in [0.3, 0.4) is 0 Å². The summed E-state index contributed by atoms with van der Waals surface area (Å²) >= 11 is 6.42. The van der Waals surface area contributed by atoms with Gasteiger partial charge in [-0.3, -0.25) is 14.4 Å².